The fourth-order valence-corrected chi connectivity index (χ4v) is 0.558. The van der Waals surface area contributed by atoms with Crippen LogP contribution in [0.4, 0.5) is 13.2 Å². The van der Waals surface area contributed by atoms with Gasteiger partial charge < -0.3 is 4.74 Å². The molecule has 0 heterocycles. The number of halogens is 3. The van der Waals surface area contributed by atoms with Crippen molar-refractivity contribution in [1.82, 2.24) is 0 Å². The van der Waals surface area contributed by atoms with Gasteiger partial charge in [-0.25, -0.2) is 4.99 Å². The van der Waals surface area contributed by atoms with Crippen LogP contribution in [0.1, 0.15) is 13.8 Å². The van der Waals surface area contributed by atoms with Crippen molar-refractivity contribution in [2.45, 2.75) is 20.0 Å². The second kappa shape index (κ2) is 5.47. The third-order valence-electron chi connectivity index (χ3n) is 1.25. The second-order valence-electron chi connectivity index (χ2n) is 2.34. The smallest absolute Gasteiger partial charge is 0.417 e. The zero-order valence-electron chi connectivity index (χ0n) is 8.06. The molecule has 0 aromatic carbocycles. The van der Waals surface area contributed by atoms with Crippen LogP contribution in [0.15, 0.2) is 29.1 Å². The first-order chi connectivity index (χ1) is 6.41. The maximum Gasteiger partial charge on any atom is 0.417 e. The van der Waals surface area contributed by atoms with Crippen molar-refractivity contribution in [2.24, 2.45) is 4.99 Å². The van der Waals surface area contributed by atoms with Gasteiger partial charge in [0.2, 0.25) is 5.88 Å². The monoisotopic (exact) mass is 207 g/mol. The zero-order valence-corrected chi connectivity index (χ0v) is 8.06. The van der Waals surface area contributed by atoms with E-state index in [4.69, 9.17) is 4.74 Å². The topological polar surface area (TPSA) is 21.6 Å². The average molecular weight is 207 g/mol. The predicted molar refractivity (Wildman–Crippen MR) is 49.1 cm³/mol. The van der Waals surface area contributed by atoms with Gasteiger partial charge in [0, 0.05) is 6.21 Å². The summed E-state index contributed by atoms with van der Waals surface area (Å²) in [6, 6.07) is 0. The van der Waals surface area contributed by atoms with Gasteiger partial charge in [0.05, 0.1) is 12.2 Å². The van der Waals surface area contributed by atoms with E-state index in [9.17, 15) is 13.2 Å². The highest BCUT2D eigenvalue weighted by atomic mass is 19.4. The van der Waals surface area contributed by atoms with E-state index in [0.717, 1.165) is 0 Å². The van der Waals surface area contributed by atoms with Gasteiger partial charge in [-0.15, -0.1) is 0 Å². The van der Waals surface area contributed by atoms with E-state index in [1.807, 2.05) is 0 Å². The molecular formula is C9H12F3NO. The van der Waals surface area contributed by atoms with Crippen molar-refractivity contribution in [1.29, 1.82) is 0 Å². The minimum Gasteiger partial charge on any atom is -0.478 e. The highest BCUT2D eigenvalue weighted by Crippen LogP contribution is 2.22. The zero-order chi connectivity index (χ0) is 11.2. The molecule has 80 valence electrons. The van der Waals surface area contributed by atoms with Crippen molar-refractivity contribution in [2.75, 3.05) is 6.61 Å². The van der Waals surface area contributed by atoms with Crippen LogP contribution in [0.25, 0.3) is 0 Å². The number of nitrogens with zero attached hydrogens (tertiary/aromatic N) is 1. The van der Waals surface area contributed by atoms with Crippen molar-refractivity contribution < 1.29 is 17.9 Å². The molecule has 0 amide bonds. The number of ether oxygens (including phenoxy) is 1. The van der Waals surface area contributed by atoms with Crippen molar-refractivity contribution in [3.63, 3.8) is 0 Å². The fraction of sp³-hybridized carbons (Fsp3) is 0.444. The van der Waals surface area contributed by atoms with Crippen molar-refractivity contribution in [3.05, 3.63) is 24.1 Å². The Hall–Kier alpha value is -1.26. The molecule has 5 heteroatoms. The molecule has 0 spiro atoms. The lowest BCUT2D eigenvalue weighted by molar-refractivity contribution is -0.0852. The minimum atomic E-state index is -4.44. The van der Waals surface area contributed by atoms with Gasteiger partial charge in [0.15, 0.2) is 0 Å². The first-order valence-corrected chi connectivity index (χ1v) is 4.01. The van der Waals surface area contributed by atoms with E-state index in [-0.39, 0.29) is 5.88 Å². The number of hydrogen-bond acceptors (Lipinski definition) is 2. The van der Waals surface area contributed by atoms with Gasteiger partial charge in [0.1, 0.15) is 0 Å². The van der Waals surface area contributed by atoms with E-state index in [1.54, 1.807) is 13.8 Å². The Morgan fingerprint density at radius 2 is 2.07 bits per heavy atom. The lowest BCUT2D eigenvalue weighted by atomic mass is 10.3. The number of allylic oxidation sites excluding steroid dienone is 2. The molecule has 0 aliphatic carbocycles. The van der Waals surface area contributed by atoms with Crippen LogP contribution in [0.3, 0.4) is 0 Å². The quantitative estimate of drug-likeness (QED) is 0.512. The first-order valence-electron chi connectivity index (χ1n) is 4.01. The van der Waals surface area contributed by atoms with E-state index in [0.29, 0.717) is 12.8 Å². The molecule has 0 saturated carbocycles. The molecule has 0 fully saturated rings. The van der Waals surface area contributed by atoms with Gasteiger partial charge in [-0.2, -0.15) is 13.2 Å². The van der Waals surface area contributed by atoms with Gasteiger partial charge in [0.25, 0.3) is 0 Å². The molecule has 0 bridgehead atoms. The fourth-order valence-electron chi connectivity index (χ4n) is 0.558. The normalized spacial score (nSPS) is 13.4. The Morgan fingerprint density at radius 1 is 1.50 bits per heavy atom. The Labute approximate surface area is 80.8 Å². The molecule has 0 saturated heterocycles. The summed E-state index contributed by atoms with van der Waals surface area (Å²) in [5.74, 6) is 0.151. The molecule has 0 aromatic heterocycles. The molecule has 14 heavy (non-hydrogen) atoms. The van der Waals surface area contributed by atoms with Gasteiger partial charge in [-0.1, -0.05) is 6.58 Å². The summed E-state index contributed by atoms with van der Waals surface area (Å²) < 4.78 is 40.7. The predicted octanol–water partition coefficient (Wildman–Crippen LogP) is 3.07. The largest absolute Gasteiger partial charge is 0.478 e. The lowest BCUT2D eigenvalue weighted by Crippen LogP contribution is -2.11. The summed E-state index contributed by atoms with van der Waals surface area (Å²) in [5.41, 5.74) is -1.00. The Bertz CT molecular complexity index is 253. The lowest BCUT2D eigenvalue weighted by Gasteiger charge is -2.05. The molecule has 0 rings (SSSR count). The summed E-state index contributed by atoms with van der Waals surface area (Å²) in [4.78, 5) is 3.49. The summed E-state index contributed by atoms with van der Waals surface area (Å²) in [6.07, 6.45) is -2.32. The molecular weight excluding hydrogens is 195 g/mol. The van der Waals surface area contributed by atoms with Crippen LogP contribution in [0, 0.1) is 0 Å². The first kappa shape index (κ1) is 12.7. The highest BCUT2D eigenvalue weighted by Gasteiger charge is 2.30. The van der Waals surface area contributed by atoms with Crippen LogP contribution in [-0.4, -0.2) is 19.0 Å². The van der Waals surface area contributed by atoms with Gasteiger partial charge in [-0.05, 0) is 19.9 Å². The molecule has 0 atom stereocenters. The molecule has 0 radical (unpaired) electrons. The minimum absolute atomic E-state index is 0.151. The SMILES string of the molecule is C=C(/C=N\C(=C\C)OCC)C(F)(F)F. The molecule has 0 aliphatic rings. The molecule has 2 nitrogen and oxygen atoms in total. The standard InChI is InChI=1S/C9H12F3NO/c1-4-8(14-5-2)13-6-7(3)9(10,11)12/h4,6H,3,5H2,1-2H3/b8-4-,13-6-. The number of hydrogen-bond donors (Lipinski definition) is 0. The van der Waals surface area contributed by atoms with Crippen LogP contribution in [0.5, 0.6) is 0 Å². The Morgan fingerprint density at radius 3 is 2.43 bits per heavy atom. The second-order valence-corrected chi connectivity index (χ2v) is 2.34. The van der Waals surface area contributed by atoms with Gasteiger partial charge >= 0.3 is 6.18 Å². The molecule has 0 aliphatic heterocycles. The number of aliphatic imine (C=N–C) groups is 1. The van der Waals surface area contributed by atoms with E-state index >= 15 is 0 Å². The highest BCUT2D eigenvalue weighted by molar-refractivity contribution is 5.79. The summed E-state index contributed by atoms with van der Waals surface area (Å²) >= 11 is 0. The summed E-state index contributed by atoms with van der Waals surface area (Å²) in [6.45, 7) is 6.54. The van der Waals surface area contributed by atoms with E-state index in [1.165, 1.54) is 6.08 Å². The van der Waals surface area contributed by atoms with Crippen LogP contribution < -0.4 is 0 Å². The number of alkyl halides is 3. The molecule has 0 N–H and O–H groups in total. The van der Waals surface area contributed by atoms with Crippen LogP contribution in [0.2, 0.25) is 0 Å². The van der Waals surface area contributed by atoms with Crippen molar-refractivity contribution >= 4 is 6.21 Å². The van der Waals surface area contributed by atoms with Gasteiger partial charge in [-0.3, -0.25) is 0 Å². The molecule has 0 unspecified atom stereocenters. The van der Waals surface area contributed by atoms with Crippen LogP contribution in [-0.2, 0) is 4.74 Å². The third kappa shape index (κ3) is 4.69. The summed E-state index contributed by atoms with van der Waals surface area (Å²) in [7, 11) is 0. The van der Waals surface area contributed by atoms with E-state index < -0.39 is 11.7 Å². The Kier molecular flexibility index (Phi) is 4.97. The maximum atomic E-state index is 11.9. The van der Waals surface area contributed by atoms with Crippen LogP contribution >= 0.6 is 0 Å². The molecule has 0 aromatic rings. The summed E-state index contributed by atoms with van der Waals surface area (Å²) in [5, 5.41) is 0. The maximum absolute atomic E-state index is 11.9. The van der Waals surface area contributed by atoms with E-state index in [2.05, 4.69) is 11.6 Å². The van der Waals surface area contributed by atoms with Crippen molar-refractivity contribution in [3.8, 4) is 0 Å². The third-order valence-corrected chi connectivity index (χ3v) is 1.25. The Balaban J connectivity index is 4.36. The number of rotatable bonds is 4. The average Bonchev–Trinajstić information content (AvgIpc) is 2.10.